The summed E-state index contributed by atoms with van der Waals surface area (Å²) in [6.45, 7) is 2.65. The molecule has 0 radical (unpaired) electrons. The SMILES string of the molecule is COC1CCCN(CCC(=O)Nc2ccc(N)cc2Cl)C1. The van der Waals surface area contributed by atoms with Crippen LogP contribution < -0.4 is 11.1 Å². The molecule has 21 heavy (non-hydrogen) atoms. The highest BCUT2D eigenvalue weighted by atomic mass is 35.5. The van der Waals surface area contributed by atoms with E-state index in [-0.39, 0.29) is 12.0 Å². The highest BCUT2D eigenvalue weighted by Gasteiger charge is 2.19. The Bertz CT molecular complexity index is 496. The second-order valence-electron chi connectivity index (χ2n) is 5.34. The van der Waals surface area contributed by atoms with Crippen LogP contribution in [-0.4, -0.2) is 43.7 Å². The highest BCUT2D eigenvalue weighted by molar-refractivity contribution is 6.34. The number of ether oxygens (including phenoxy) is 1. The molecule has 116 valence electrons. The quantitative estimate of drug-likeness (QED) is 0.819. The van der Waals surface area contributed by atoms with Gasteiger partial charge in [0, 0.05) is 32.3 Å². The first-order valence-electron chi connectivity index (χ1n) is 7.18. The molecule has 1 aliphatic rings. The summed E-state index contributed by atoms with van der Waals surface area (Å²) in [5.41, 5.74) is 6.81. The van der Waals surface area contributed by atoms with Crippen molar-refractivity contribution in [2.45, 2.75) is 25.4 Å². The van der Waals surface area contributed by atoms with E-state index >= 15 is 0 Å². The molecule has 1 saturated heterocycles. The topological polar surface area (TPSA) is 67.6 Å². The number of likely N-dealkylation sites (tertiary alicyclic amines) is 1. The second kappa shape index (κ2) is 7.64. The van der Waals surface area contributed by atoms with E-state index in [2.05, 4.69) is 10.2 Å². The van der Waals surface area contributed by atoms with Gasteiger partial charge in [0.05, 0.1) is 16.8 Å². The van der Waals surface area contributed by atoms with Gasteiger partial charge in [-0.2, -0.15) is 0 Å². The molecule has 5 nitrogen and oxygen atoms in total. The van der Waals surface area contributed by atoms with Crippen LogP contribution >= 0.6 is 11.6 Å². The fourth-order valence-electron chi connectivity index (χ4n) is 2.51. The van der Waals surface area contributed by atoms with Gasteiger partial charge in [0.25, 0.3) is 0 Å². The number of methoxy groups -OCH3 is 1. The summed E-state index contributed by atoms with van der Waals surface area (Å²) >= 11 is 6.04. The van der Waals surface area contributed by atoms with Crippen molar-refractivity contribution in [2.24, 2.45) is 0 Å². The van der Waals surface area contributed by atoms with Gasteiger partial charge < -0.3 is 20.7 Å². The highest BCUT2D eigenvalue weighted by Crippen LogP contribution is 2.24. The van der Waals surface area contributed by atoms with Crippen LogP contribution in [0.25, 0.3) is 0 Å². The Hall–Kier alpha value is -1.30. The van der Waals surface area contributed by atoms with Crippen molar-refractivity contribution in [3.05, 3.63) is 23.2 Å². The predicted molar refractivity (Wildman–Crippen MR) is 85.6 cm³/mol. The standard InChI is InChI=1S/C15H22ClN3O2/c1-21-12-3-2-7-19(10-12)8-6-15(20)18-14-5-4-11(17)9-13(14)16/h4-5,9,12H,2-3,6-8,10,17H2,1H3,(H,18,20). The Kier molecular flexibility index (Phi) is 5.85. The molecule has 0 aromatic heterocycles. The largest absolute Gasteiger partial charge is 0.399 e. The Labute approximate surface area is 130 Å². The number of hydrogen-bond acceptors (Lipinski definition) is 4. The molecular weight excluding hydrogens is 290 g/mol. The summed E-state index contributed by atoms with van der Waals surface area (Å²) < 4.78 is 5.38. The summed E-state index contributed by atoms with van der Waals surface area (Å²) in [5, 5.41) is 3.28. The fraction of sp³-hybridized carbons (Fsp3) is 0.533. The first kappa shape index (κ1) is 16.1. The molecule has 1 atom stereocenters. The molecule has 3 N–H and O–H groups in total. The van der Waals surface area contributed by atoms with Crippen LogP contribution in [0.2, 0.25) is 5.02 Å². The van der Waals surface area contributed by atoms with Crippen LogP contribution in [0.1, 0.15) is 19.3 Å². The number of benzene rings is 1. The van der Waals surface area contributed by atoms with Gasteiger partial charge in [0.1, 0.15) is 0 Å². The number of amides is 1. The van der Waals surface area contributed by atoms with Gasteiger partial charge in [-0.25, -0.2) is 0 Å². The lowest BCUT2D eigenvalue weighted by Gasteiger charge is -2.31. The van der Waals surface area contributed by atoms with Gasteiger partial charge in [-0.15, -0.1) is 0 Å². The molecule has 1 aromatic carbocycles. The maximum atomic E-state index is 12.0. The van der Waals surface area contributed by atoms with Crippen molar-refractivity contribution in [2.75, 3.05) is 37.8 Å². The summed E-state index contributed by atoms with van der Waals surface area (Å²) in [6, 6.07) is 5.07. The molecule has 0 bridgehead atoms. The third-order valence-electron chi connectivity index (χ3n) is 3.72. The third kappa shape index (κ3) is 4.88. The van der Waals surface area contributed by atoms with Crippen molar-refractivity contribution in [3.63, 3.8) is 0 Å². The van der Waals surface area contributed by atoms with E-state index in [1.807, 2.05) is 0 Å². The van der Waals surface area contributed by atoms with E-state index in [0.717, 1.165) is 32.5 Å². The molecule has 0 aliphatic carbocycles. The minimum Gasteiger partial charge on any atom is -0.399 e. The van der Waals surface area contributed by atoms with E-state index in [1.54, 1.807) is 25.3 Å². The van der Waals surface area contributed by atoms with Gasteiger partial charge in [-0.1, -0.05) is 11.6 Å². The van der Waals surface area contributed by atoms with Gasteiger partial charge >= 0.3 is 0 Å². The summed E-state index contributed by atoms with van der Waals surface area (Å²) in [5.74, 6) is -0.0405. The van der Waals surface area contributed by atoms with E-state index in [1.165, 1.54) is 0 Å². The zero-order valence-corrected chi connectivity index (χ0v) is 13.0. The number of hydrogen-bond donors (Lipinski definition) is 2. The summed E-state index contributed by atoms with van der Waals surface area (Å²) in [7, 11) is 1.74. The predicted octanol–water partition coefficient (Wildman–Crippen LogP) is 2.36. The molecule has 1 fully saturated rings. The lowest BCUT2D eigenvalue weighted by molar-refractivity contribution is -0.116. The Morgan fingerprint density at radius 1 is 1.57 bits per heavy atom. The average Bonchev–Trinajstić information content (AvgIpc) is 2.48. The van der Waals surface area contributed by atoms with Crippen LogP contribution in [0, 0.1) is 0 Å². The monoisotopic (exact) mass is 311 g/mol. The van der Waals surface area contributed by atoms with Crippen LogP contribution in [0.15, 0.2) is 18.2 Å². The van der Waals surface area contributed by atoms with Crippen molar-refractivity contribution < 1.29 is 9.53 Å². The summed E-state index contributed by atoms with van der Waals surface area (Å²) in [6.07, 6.45) is 2.94. The number of carbonyl (C=O) groups is 1. The molecular formula is C15H22ClN3O2. The number of halogens is 1. The number of carbonyl (C=O) groups excluding carboxylic acids is 1. The number of nitrogens with one attached hydrogen (secondary N) is 1. The minimum atomic E-state index is -0.0405. The Morgan fingerprint density at radius 3 is 3.10 bits per heavy atom. The van der Waals surface area contributed by atoms with Crippen molar-refractivity contribution in [3.8, 4) is 0 Å². The molecule has 0 saturated carbocycles. The van der Waals surface area contributed by atoms with E-state index < -0.39 is 0 Å². The maximum absolute atomic E-state index is 12.0. The average molecular weight is 312 g/mol. The molecule has 6 heteroatoms. The molecule has 1 aromatic rings. The second-order valence-corrected chi connectivity index (χ2v) is 5.75. The Morgan fingerprint density at radius 2 is 2.38 bits per heavy atom. The number of rotatable bonds is 5. The van der Waals surface area contributed by atoms with Gasteiger partial charge in [-0.05, 0) is 37.6 Å². The fourth-order valence-corrected chi connectivity index (χ4v) is 2.75. The molecule has 1 amide bonds. The molecule has 0 spiro atoms. The molecule has 1 unspecified atom stereocenters. The number of piperidine rings is 1. The van der Waals surface area contributed by atoms with Crippen molar-refractivity contribution >= 4 is 28.9 Å². The van der Waals surface area contributed by atoms with Crippen molar-refractivity contribution in [1.82, 2.24) is 4.90 Å². The van der Waals surface area contributed by atoms with Gasteiger partial charge in [0.15, 0.2) is 0 Å². The third-order valence-corrected chi connectivity index (χ3v) is 4.03. The number of nitrogens with two attached hydrogens (primary N) is 1. The minimum absolute atomic E-state index is 0.0405. The molecule has 1 heterocycles. The zero-order valence-electron chi connectivity index (χ0n) is 12.3. The smallest absolute Gasteiger partial charge is 0.225 e. The number of anilines is 2. The normalized spacial score (nSPS) is 19.4. The zero-order chi connectivity index (χ0) is 15.2. The first-order valence-corrected chi connectivity index (χ1v) is 7.56. The lowest BCUT2D eigenvalue weighted by Crippen LogP contribution is -2.40. The van der Waals surface area contributed by atoms with E-state index in [0.29, 0.717) is 22.8 Å². The van der Waals surface area contributed by atoms with Crippen LogP contribution in [0.3, 0.4) is 0 Å². The van der Waals surface area contributed by atoms with Crippen LogP contribution in [-0.2, 0) is 9.53 Å². The van der Waals surface area contributed by atoms with E-state index in [9.17, 15) is 4.79 Å². The van der Waals surface area contributed by atoms with Crippen LogP contribution in [0.4, 0.5) is 11.4 Å². The summed E-state index contributed by atoms with van der Waals surface area (Å²) in [4.78, 5) is 14.3. The van der Waals surface area contributed by atoms with Gasteiger partial charge in [-0.3, -0.25) is 4.79 Å². The number of nitrogen functional groups attached to an aromatic ring is 1. The van der Waals surface area contributed by atoms with Crippen molar-refractivity contribution in [1.29, 1.82) is 0 Å². The molecule has 2 rings (SSSR count). The number of nitrogens with zero attached hydrogens (tertiary/aromatic N) is 1. The molecule has 1 aliphatic heterocycles. The lowest BCUT2D eigenvalue weighted by atomic mass is 10.1. The Balaban J connectivity index is 1.79. The van der Waals surface area contributed by atoms with Crippen LogP contribution in [0.5, 0.6) is 0 Å². The first-order chi connectivity index (χ1) is 10.1. The van der Waals surface area contributed by atoms with Gasteiger partial charge in [0.2, 0.25) is 5.91 Å². The maximum Gasteiger partial charge on any atom is 0.225 e. The van der Waals surface area contributed by atoms with E-state index in [4.69, 9.17) is 22.1 Å².